The van der Waals surface area contributed by atoms with Crippen LogP contribution < -0.4 is 22.1 Å². The molecule has 1 unspecified atom stereocenters. The third-order valence-electron chi connectivity index (χ3n) is 4.33. The molecule has 1 aliphatic carbocycles. The van der Waals surface area contributed by atoms with E-state index >= 15 is 0 Å². The molecule has 0 bridgehead atoms. The van der Waals surface area contributed by atoms with E-state index in [1.54, 1.807) is 0 Å². The molecule has 6 N–H and O–H groups in total. The van der Waals surface area contributed by atoms with E-state index in [-0.39, 0.29) is 0 Å². The van der Waals surface area contributed by atoms with Crippen LogP contribution in [0.5, 0.6) is 0 Å². The number of likely N-dealkylation sites (tertiary alicyclic amines) is 1. The van der Waals surface area contributed by atoms with Crippen molar-refractivity contribution in [3.63, 3.8) is 0 Å². The number of guanidine groups is 1. The lowest BCUT2D eigenvalue weighted by Crippen LogP contribution is -2.61. The summed E-state index contributed by atoms with van der Waals surface area (Å²) in [6, 6.07) is 0.559. The molecule has 0 spiro atoms. The van der Waals surface area contributed by atoms with Crippen molar-refractivity contribution < 1.29 is 0 Å². The van der Waals surface area contributed by atoms with Crippen LogP contribution in [0.3, 0.4) is 0 Å². The predicted octanol–water partition coefficient (Wildman–Crippen LogP) is -0.896. The summed E-state index contributed by atoms with van der Waals surface area (Å²) < 4.78 is 0. The summed E-state index contributed by atoms with van der Waals surface area (Å²) >= 11 is 0. The van der Waals surface area contributed by atoms with Gasteiger partial charge in [0, 0.05) is 25.0 Å². The molecule has 0 radical (unpaired) electrons. The van der Waals surface area contributed by atoms with Crippen molar-refractivity contribution in [1.29, 1.82) is 0 Å². The molecular formula is C12H22N6. The van der Waals surface area contributed by atoms with Gasteiger partial charge in [-0.1, -0.05) is 6.42 Å². The molecule has 100 valence electrons. The average molecular weight is 250 g/mol. The summed E-state index contributed by atoms with van der Waals surface area (Å²) in [5, 5.41) is 6.39. The van der Waals surface area contributed by atoms with Crippen LogP contribution in [0.2, 0.25) is 0 Å². The zero-order valence-corrected chi connectivity index (χ0v) is 10.8. The second kappa shape index (κ2) is 4.13. The highest BCUT2D eigenvalue weighted by Gasteiger charge is 2.41. The van der Waals surface area contributed by atoms with Gasteiger partial charge in [-0.2, -0.15) is 0 Å². The van der Waals surface area contributed by atoms with Crippen LogP contribution in [-0.2, 0) is 0 Å². The Morgan fingerprint density at radius 1 is 1.50 bits per heavy atom. The first kappa shape index (κ1) is 11.8. The monoisotopic (exact) mass is 250 g/mol. The Kier molecular flexibility index (Phi) is 2.71. The quantitative estimate of drug-likeness (QED) is 0.521. The summed E-state index contributed by atoms with van der Waals surface area (Å²) in [6.45, 7) is 1.98. The normalized spacial score (nSPS) is 33.1. The number of hydrogen-bond donors (Lipinski definition) is 4. The van der Waals surface area contributed by atoms with E-state index in [1.807, 2.05) is 7.05 Å². The Hall–Kier alpha value is -1.27. The SMILES string of the molecule is CNC1CN(C2=CC(N)(C3CCC3)N=C(N)N2)C1. The molecule has 0 aromatic heterocycles. The highest BCUT2D eigenvalue weighted by Crippen LogP contribution is 2.38. The topological polar surface area (TPSA) is 91.7 Å². The third-order valence-corrected chi connectivity index (χ3v) is 4.33. The second-order valence-electron chi connectivity index (χ2n) is 5.56. The lowest BCUT2D eigenvalue weighted by atomic mass is 9.75. The summed E-state index contributed by atoms with van der Waals surface area (Å²) in [5.41, 5.74) is 11.7. The molecule has 2 aliphatic heterocycles. The van der Waals surface area contributed by atoms with E-state index in [9.17, 15) is 0 Å². The molecule has 3 aliphatic rings. The van der Waals surface area contributed by atoms with Gasteiger partial charge in [0.2, 0.25) is 0 Å². The van der Waals surface area contributed by atoms with Crippen LogP contribution in [-0.4, -0.2) is 42.7 Å². The van der Waals surface area contributed by atoms with Gasteiger partial charge in [0.25, 0.3) is 0 Å². The van der Waals surface area contributed by atoms with Crippen molar-refractivity contribution in [3.05, 3.63) is 11.9 Å². The molecule has 0 aromatic carbocycles. The fourth-order valence-corrected chi connectivity index (χ4v) is 2.76. The van der Waals surface area contributed by atoms with E-state index in [2.05, 4.69) is 26.6 Å². The molecular weight excluding hydrogens is 228 g/mol. The molecule has 1 saturated carbocycles. The number of aliphatic imine (C=N–C) groups is 1. The van der Waals surface area contributed by atoms with Crippen LogP contribution in [0, 0.1) is 5.92 Å². The van der Waals surface area contributed by atoms with E-state index in [4.69, 9.17) is 11.5 Å². The number of likely N-dealkylation sites (N-methyl/N-ethyl adjacent to an activating group) is 1. The summed E-state index contributed by atoms with van der Waals surface area (Å²) in [7, 11) is 1.99. The highest BCUT2D eigenvalue weighted by molar-refractivity contribution is 5.81. The third kappa shape index (κ3) is 1.85. The minimum Gasteiger partial charge on any atom is -0.370 e. The Balaban J connectivity index is 1.75. The smallest absolute Gasteiger partial charge is 0.196 e. The first-order chi connectivity index (χ1) is 8.60. The van der Waals surface area contributed by atoms with Crippen molar-refractivity contribution in [2.75, 3.05) is 20.1 Å². The van der Waals surface area contributed by atoms with Crippen molar-refractivity contribution in [3.8, 4) is 0 Å². The lowest BCUT2D eigenvalue weighted by molar-refractivity contribution is 0.157. The van der Waals surface area contributed by atoms with Gasteiger partial charge in [0.05, 0.1) is 0 Å². The molecule has 0 amide bonds. The molecule has 1 atom stereocenters. The average Bonchev–Trinajstić information content (AvgIpc) is 2.10. The fraction of sp³-hybridized carbons (Fsp3) is 0.750. The molecule has 0 aromatic rings. The van der Waals surface area contributed by atoms with E-state index in [1.165, 1.54) is 6.42 Å². The lowest BCUT2D eigenvalue weighted by Gasteiger charge is -2.46. The van der Waals surface area contributed by atoms with Crippen LogP contribution in [0.25, 0.3) is 0 Å². The molecule has 18 heavy (non-hydrogen) atoms. The number of nitrogens with two attached hydrogens (primary N) is 2. The molecule has 6 heteroatoms. The van der Waals surface area contributed by atoms with Gasteiger partial charge >= 0.3 is 0 Å². The molecule has 1 saturated heterocycles. The Morgan fingerprint density at radius 2 is 2.22 bits per heavy atom. The molecule has 6 nitrogen and oxygen atoms in total. The fourth-order valence-electron chi connectivity index (χ4n) is 2.76. The standard InChI is InChI=1S/C12H22N6/c1-15-9-6-18(7-9)10-5-12(14,8-3-2-4-8)17-11(13)16-10/h5,8-9,15H,2-4,6-7,14H2,1H3,(H3,13,16,17). The maximum atomic E-state index is 6.40. The van der Waals surface area contributed by atoms with Crippen molar-refractivity contribution in [1.82, 2.24) is 15.5 Å². The van der Waals surface area contributed by atoms with Crippen LogP contribution in [0.1, 0.15) is 19.3 Å². The largest absolute Gasteiger partial charge is 0.370 e. The van der Waals surface area contributed by atoms with E-state index in [0.29, 0.717) is 17.9 Å². The Bertz CT molecular complexity index is 393. The van der Waals surface area contributed by atoms with Crippen LogP contribution in [0.15, 0.2) is 16.9 Å². The first-order valence-corrected chi connectivity index (χ1v) is 6.67. The van der Waals surface area contributed by atoms with Crippen LogP contribution in [0.4, 0.5) is 0 Å². The van der Waals surface area contributed by atoms with Crippen molar-refractivity contribution in [2.45, 2.75) is 31.0 Å². The molecule has 2 fully saturated rings. The van der Waals surface area contributed by atoms with Gasteiger partial charge in [-0.3, -0.25) is 0 Å². The minimum absolute atomic E-state index is 0.439. The number of rotatable bonds is 3. The number of hydrogen-bond acceptors (Lipinski definition) is 6. The zero-order chi connectivity index (χ0) is 12.8. The Morgan fingerprint density at radius 3 is 2.78 bits per heavy atom. The van der Waals surface area contributed by atoms with Gasteiger partial charge in [-0.15, -0.1) is 0 Å². The summed E-state index contributed by atoms with van der Waals surface area (Å²) in [6.07, 6.45) is 5.60. The highest BCUT2D eigenvalue weighted by atomic mass is 15.4. The van der Waals surface area contributed by atoms with Crippen LogP contribution >= 0.6 is 0 Å². The predicted molar refractivity (Wildman–Crippen MR) is 71.5 cm³/mol. The number of nitrogens with zero attached hydrogens (tertiary/aromatic N) is 2. The van der Waals surface area contributed by atoms with Gasteiger partial charge in [-0.25, -0.2) is 4.99 Å². The minimum atomic E-state index is -0.604. The summed E-state index contributed by atoms with van der Waals surface area (Å²) in [4.78, 5) is 6.66. The van der Waals surface area contributed by atoms with Gasteiger partial charge in [-0.05, 0) is 26.0 Å². The van der Waals surface area contributed by atoms with Crippen molar-refractivity contribution in [2.24, 2.45) is 22.4 Å². The first-order valence-electron chi connectivity index (χ1n) is 6.67. The maximum absolute atomic E-state index is 6.40. The van der Waals surface area contributed by atoms with E-state index in [0.717, 1.165) is 31.8 Å². The second-order valence-corrected chi connectivity index (χ2v) is 5.56. The Labute approximate surface area is 107 Å². The van der Waals surface area contributed by atoms with Gasteiger partial charge in [0.15, 0.2) is 5.96 Å². The van der Waals surface area contributed by atoms with E-state index < -0.39 is 5.66 Å². The van der Waals surface area contributed by atoms with Gasteiger partial charge < -0.3 is 27.0 Å². The molecule has 3 rings (SSSR count). The molecule has 2 heterocycles. The van der Waals surface area contributed by atoms with Crippen molar-refractivity contribution >= 4 is 5.96 Å². The maximum Gasteiger partial charge on any atom is 0.196 e. The number of nitrogens with one attached hydrogen (secondary N) is 2. The zero-order valence-electron chi connectivity index (χ0n) is 10.8. The van der Waals surface area contributed by atoms with Gasteiger partial charge in [0.1, 0.15) is 11.5 Å². The summed E-state index contributed by atoms with van der Waals surface area (Å²) in [5.74, 6) is 1.90.